The minimum Gasteiger partial charge on any atom is -0.334 e. The number of nitrogens with zero attached hydrogens (tertiary/aromatic N) is 2. The molecule has 1 amide bonds. The third-order valence-corrected chi connectivity index (χ3v) is 3.32. The van der Waals surface area contributed by atoms with Gasteiger partial charge in [0.15, 0.2) is 0 Å². The second-order valence-electron chi connectivity index (χ2n) is 5.02. The number of non-ortho nitro benzene ring substituents is 1. The van der Waals surface area contributed by atoms with Crippen LogP contribution in [-0.4, -0.2) is 22.3 Å². The van der Waals surface area contributed by atoms with Crippen LogP contribution in [0.5, 0.6) is 0 Å². The second kappa shape index (κ2) is 7.36. The molecule has 0 atom stereocenters. The van der Waals surface area contributed by atoms with Gasteiger partial charge in [-0.15, -0.1) is 0 Å². The molecule has 0 aliphatic heterocycles. The topological polar surface area (TPSA) is 63.4 Å². The van der Waals surface area contributed by atoms with E-state index >= 15 is 0 Å². The molecule has 0 spiro atoms. The van der Waals surface area contributed by atoms with Crippen molar-refractivity contribution < 1.29 is 9.72 Å². The van der Waals surface area contributed by atoms with Crippen molar-refractivity contribution >= 4 is 11.6 Å². The van der Waals surface area contributed by atoms with Crippen LogP contribution in [0.2, 0.25) is 0 Å². The zero-order valence-electron chi connectivity index (χ0n) is 12.4. The summed E-state index contributed by atoms with van der Waals surface area (Å²) in [7, 11) is 0. The van der Waals surface area contributed by atoms with Gasteiger partial charge in [-0.25, -0.2) is 0 Å². The van der Waals surface area contributed by atoms with E-state index in [1.807, 2.05) is 25.1 Å². The molecular weight excluding hydrogens is 280 g/mol. The summed E-state index contributed by atoms with van der Waals surface area (Å²) in [5, 5.41) is 10.7. The third-order valence-electron chi connectivity index (χ3n) is 3.32. The Morgan fingerprint density at radius 1 is 1.09 bits per heavy atom. The van der Waals surface area contributed by atoms with Crippen LogP contribution in [0.4, 0.5) is 5.69 Å². The number of carbonyl (C=O) groups is 1. The van der Waals surface area contributed by atoms with Crippen LogP contribution in [0.15, 0.2) is 54.6 Å². The van der Waals surface area contributed by atoms with Gasteiger partial charge in [0.2, 0.25) is 0 Å². The third kappa shape index (κ3) is 3.91. The number of carbonyl (C=O) groups excluding carboxylic acids is 1. The predicted octanol–water partition coefficient (Wildman–Crippen LogP) is 3.65. The van der Waals surface area contributed by atoms with Gasteiger partial charge in [0, 0.05) is 30.8 Å². The summed E-state index contributed by atoms with van der Waals surface area (Å²) < 4.78 is 0. The van der Waals surface area contributed by atoms with E-state index in [0.29, 0.717) is 18.7 Å². The molecule has 0 saturated heterocycles. The zero-order valence-corrected chi connectivity index (χ0v) is 12.4. The summed E-state index contributed by atoms with van der Waals surface area (Å²) in [6.07, 6.45) is 0.853. The summed E-state index contributed by atoms with van der Waals surface area (Å²) >= 11 is 0. The molecule has 0 aliphatic carbocycles. The first kappa shape index (κ1) is 15.7. The summed E-state index contributed by atoms with van der Waals surface area (Å²) in [5.74, 6) is -0.0270. The molecule has 0 unspecified atom stereocenters. The van der Waals surface area contributed by atoms with E-state index in [-0.39, 0.29) is 11.6 Å². The fourth-order valence-corrected chi connectivity index (χ4v) is 2.23. The predicted molar refractivity (Wildman–Crippen MR) is 84.6 cm³/mol. The normalized spacial score (nSPS) is 10.2. The van der Waals surface area contributed by atoms with Crippen molar-refractivity contribution in [2.75, 3.05) is 6.54 Å². The second-order valence-corrected chi connectivity index (χ2v) is 5.02. The van der Waals surface area contributed by atoms with Crippen molar-refractivity contribution in [2.45, 2.75) is 19.9 Å². The monoisotopic (exact) mass is 298 g/mol. The average Bonchev–Trinajstić information content (AvgIpc) is 2.55. The first-order valence-electron chi connectivity index (χ1n) is 7.19. The number of nitro groups is 1. The Balaban J connectivity index is 2.14. The molecule has 0 bridgehead atoms. The summed E-state index contributed by atoms with van der Waals surface area (Å²) in [6, 6.07) is 15.4. The number of amides is 1. The highest BCUT2D eigenvalue weighted by atomic mass is 16.6. The van der Waals surface area contributed by atoms with Crippen LogP contribution in [-0.2, 0) is 6.54 Å². The van der Waals surface area contributed by atoms with Gasteiger partial charge in [0.05, 0.1) is 4.92 Å². The molecule has 114 valence electrons. The van der Waals surface area contributed by atoms with Gasteiger partial charge in [-0.3, -0.25) is 14.9 Å². The molecule has 0 aromatic heterocycles. The molecule has 0 heterocycles. The average molecular weight is 298 g/mol. The quantitative estimate of drug-likeness (QED) is 0.604. The van der Waals surface area contributed by atoms with Crippen LogP contribution in [0, 0.1) is 10.1 Å². The summed E-state index contributed by atoms with van der Waals surface area (Å²) in [5.41, 5.74) is 1.58. The molecule has 5 nitrogen and oxygen atoms in total. The maximum atomic E-state index is 12.5. The van der Waals surface area contributed by atoms with Crippen LogP contribution < -0.4 is 0 Å². The van der Waals surface area contributed by atoms with Crippen molar-refractivity contribution in [3.05, 3.63) is 75.8 Å². The number of benzene rings is 2. The molecule has 0 radical (unpaired) electrons. The van der Waals surface area contributed by atoms with E-state index < -0.39 is 4.92 Å². The molecule has 2 rings (SSSR count). The van der Waals surface area contributed by atoms with Gasteiger partial charge < -0.3 is 4.90 Å². The molecule has 0 fully saturated rings. The Hall–Kier alpha value is -2.69. The van der Waals surface area contributed by atoms with Gasteiger partial charge in [-0.1, -0.05) is 37.3 Å². The lowest BCUT2D eigenvalue weighted by Crippen LogP contribution is -2.31. The standard InChI is InChI=1S/C17H18N2O3/c1-2-12-18(17(20)15-6-4-3-5-7-15)13-14-8-10-16(11-9-14)19(21)22/h3-11H,2,12-13H2,1H3. The van der Waals surface area contributed by atoms with Crippen molar-refractivity contribution in [3.63, 3.8) is 0 Å². The lowest BCUT2D eigenvalue weighted by molar-refractivity contribution is -0.384. The van der Waals surface area contributed by atoms with Gasteiger partial charge in [0.25, 0.3) is 11.6 Å². The highest BCUT2D eigenvalue weighted by molar-refractivity contribution is 5.94. The zero-order chi connectivity index (χ0) is 15.9. The SMILES string of the molecule is CCCN(Cc1ccc([N+](=O)[O-])cc1)C(=O)c1ccccc1. The minimum atomic E-state index is -0.428. The van der Waals surface area contributed by atoms with Gasteiger partial charge in [0.1, 0.15) is 0 Å². The Labute approximate surface area is 129 Å². The van der Waals surface area contributed by atoms with E-state index in [0.717, 1.165) is 12.0 Å². The minimum absolute atomic E-state index is 0.0270. The molecule has 2 aromatic rings. The van der Waals surface area contributed by atoms with Crippen LogP contribution in [0.25, 0.3) is 0 Å². The van der Waals surface area contributed by atoms with Gasteiger partial charge in [-0.2, -0.15) is 0 Å². The first-order chi connectivity index (χ1) is 10.6. The molecule has 0 N–H and O–H groups in total. The van der Waals surface area contributed by atoms with E-state index in [2.05, 4.69) is 0 Å². The van der Waals surface area contributed by atoms with Crippen molar-refractivity contribution in [3.8, 4) is 0 Å². The Morgan fingerprint density at radius 3 is 2.27 bits per heavy atom. The summed E-state index contributed by atoms with van der Waals surface area (Å²) in [6.45, 7) is 3.10. The van der Waals surface area contributed by atoms with Crippen LogP contribution in [0.3, 0.4) is 0 Å². The maximum absolute atomic E-state index is 12.5. The number of hydrogen-bond acceptors (Lipinski definition) is 3. The van der Waals surface area contributed by atoms with E-state index in [1.165, 1.54) is 12.1 Å². The lowest BCUT2D eigenvalue weighted by atomic mass is 10.1. The largest absolute Gasteiger partial charge is 0.334 e. The van der Waals surface area contributed by atoms with Gasteiger partial charge >= 0.3 is 0 Å². The number of hydrogen-bond donors (Lipinski definition) is 0. The van der Waals surface area contributed by atoms with Crippen LogP contribution in [0.1, 0.15) is 29.3 Å². The molecular formula is C17H18N2O3. The van der Waals surface area contributed by atoms with E-state index in [4.69, 9.17) is 0 Å². The van der Waals surface area contributed by atoms with Crippen molar-refractivity contribution in [1.82, 2.24) is 4.90 Å². The highest BCUT2D eigenvalue weighted by Gasteiger charge is 2.15. The number of rotatable bonds is 6. The Bertz CT molecular complexity index is 639. The molecule has 0 aliphatic rings. The number of nitro benzene ring substituents is 1. The molecule has 22 heavy (non-hydrogen) atoms. The lowest BCUT2D eigenvalue weighted by Gasteiger charge is -2.22. The maximum Gasteiger partial charge on any atom is 0.269 e. The molecule has 2 aromatic carbocycles. The van der Waals surface area contributed by atoms with E-state index in [1.54, 1.807) is 29.2 Å². The molecule has 0 saturated carbocycles. The van der Waals surface area contributed by atoms with E-state index in [9.17, 15) is 14.9 Å². The fraction of sp³-hybridized carbons (Fsp3) is 0.235. The highest BCUT2D eigenvalue weighted by Crippen LogP contribution is 2.15. The first-order valence-corrected chi connectivity index (χ1v) is 7.19. The summed E-state index contributed by atoms with van der Waals surface area (Å²) in [4.78, 5) is 24.5. The van der Waals surface area contributed by atoms with Gasteiger partial charge in [-0.05, 0) is 24.1 Å². The smallest absolute Gasteiger partial charge is 0.269 e. The Morgan fingerprint density at radius 2 is 1.73 bits per heavy atom. The van der Waals surface area contributed by atoms with Crippen LogP contribution >= 0.6 is 0 Å². The fourth-order valence-electron chi connectivity index (χ4n) is 2.23. The van der Waals surface area contributed by atoms with Crippen molar-refractivity contribution in [2.24, 2.45) is 0 Å². The molecule has 5 heteroatoms. The Kier molecular flexibility index (Phi) is 5.25. The van der Waals surface area contributed by atoms with Crippen molar-refractivity contribution in [1.29, 1.82) is 0 Å².